The minimum Gasteiger partial charge on any atom is -0.454 e. The van der Waals surface area contributed by atoms with Gasteiger partial charge in [-0.3, -0.25) is 4.98 Å². The molecule has 0 atom stereocenters. The van der Waals surface area contributed by atoms with Crippen molar-refractivity contribution in [1.82, 2.24) is 4.98 Å². The van der Waals surface area contributed by atoms with Gasteiger partial charge in [-0.1, -0.05) is 18.9 Å². The van der Waals surface area contributed by atoms with Crippen molar-refractivity contribution in [1.29, 1.82) is 0 Å². The number of nitrogen functional groups attached to an aromatic ring is 1. The van der Waals surface area contributed by atoms with E-state index in [1.54, 1.807) is 18.3 Å². The highest BCUT2D eigenvalue weighted by molar-refractivity contribution is 5.56. The number of hydrogen-bond donors (Lipinski definition) is 1. The van der Waals surface area contributed by atoms with Crippen LogP contribution in [0.4, 0.5) is 10.1 Å². The molecule has 0 saturated carbocycles. The predicted molar refractivity (Wildman–Crippen MR) is 93.0 cm³/mol. The normalized spacial score (nSPS) is 11.6. The summed E-state index contributed by atoms with van der Waals surface area (Å²) in [6, 6.07) is 6.14. The monoisotopic (exact) mass is 314 g/mol. The molecule has 2 aromatic rings. The van der Waals surface area contributed by atoms with Gasteiger partial charge in [-0.25, -0.2) is 4.39 Å². The number of nitrogens with two attached hydrogens (primary N) is 1. The summed E-state index contributed by atoms with van der Waals surface area (Å²) >= 11 is 0. The van der Waals surface area contributed by atoms with Crippen molar-refractivity contribution in [2.75, 3.05) is 5.73 Å². The average molecular weight is 314 g/mol. The van der Waals surface area contributed by atoms with E-state index in [0.29, 0.717) is 11.4 Å². The van der Waals surface area contributed by atoms with Gasteiger partial charge in [-0.05, 0) is 51.0 Å². The lowest BCUT2D eigenvalue weighted by molar-refractivity contribution is 0.439. The molecule has 1 heterocycles. The SMILES string of the molecule is CCCC/C(C)=C\c1nccc(Oc2ccc(N)cc2F)c1C. The predicted octanol–water partition coefficient (Wildman–Crippen LogP) is 5.50. The van der Waals surface area contributed by atoms with Crippen molar-refractivity contribution in [2.45, 2.75) is 40.0 Å². The fraction of sp³-hybridized carbons (Fsp3) is 0.316. The van der Waals surface area contributed by atoms with Gasteiger partial charge in [0, 0.05) is 23.5 Å². The first-order chi connectivity index (χ1) is 11.0. The summed E-state index contributed by atoms with van der Waals surface area (Å²) in [4.78, 5) is 4.40. The average Bonchev–Trinajstić information content (AvgIpc) is 2.51. The van der Waals surface area contributed by atoms with Crippen LogP contribution in [0.2, 0.25) is 0 Å². The maximum absolute atomic E-state index is 13.9. The zero-order valence-electron chi connectivity index (χ0n) is 13.9. The van der Waals surface area contributed by atoms with Crippen LogP contribution in [0.1, 0.15) is 44.4 Å². The minimum absolute atomic E-state index is 0.158. The van der Waals surface area contributed by atoms with E-state index in [1.807, 2.05) is 6.92 Å². The number of halogens is 1. The lowest BCUT2D eigenvalue weighted by Crippen LogP contribution is -1.96. The molecule has 0 fully saturated rings. The Bertz CT molecular complexity index is 711. The van der Waals surface area contributed by atoms with Gasteiger partial charge in [0.1, 0.15) is 5.75 Å². The summed E-state index contributed by atoms with van der Waals surface area (Å²) in [5, 5.41) is 0. The number of benzene rings is 1. The Kier molecular flexibility index (Phi) is 5.74. The quantitative estimate of drug-likeness (QED) is 0.716. The van der Waals surface area contributed by atoms with Gasteiger partial charge in [0.15, 0.2) is 11.6 Å². The van der Waals surface area contributed by atoms with Gasteiger partial charge in [0.05, 0.1) is 5.69 Å². The second kappa shape index (κ2) is 7.77. The van der Waals surface area contributed by atoms with E-state index in [4.69, 9.17) is 10.5 Å². The maximum Gasteiger partial charge on any atom is 0.167 e. The number of aromatic nitrogens is 1. The van der Waals surface area contributed by atoms with Crippen LogP contribution in [-0.2, 0) is 0 Å². The Morgan fingerprint density at radius 1 is 1.30 bits per heavy atom. The Balaban J connectivity index is 2.25. The fourth-order valence-corrected chi connectivity index (χ4v) is 2.27. The molecule has 0 saturated heterocycles. The molecular formula is C19H23FN2O. The lowest BCUT2D eigenvalue weighted by atomic mass is 10.1. The molecule has 0 aliphatic rings. The standard InChI is InChI=1S/C19H23FN2O/c1-4-5-6-13(2)11-17-14(3)18(9-10-22-17)23-19-8-7-15(21)12-16(19)20/h7-12H,4-6,21H2,1-3H3/b13-11-. The first kappa shape index (κ1) is 17.0. The van der Waals surface area contributed by atoms with Crippen LogP contribution in [0.25, 0.3) is 6.08 Å². The molecule has 0 radical (unpaired) electrons. The van der Waals surface area contributed by atoms with Crippen LogP contribution in [0.3, 0.4) is 0 Å². The number of pyridine rings is 1. The van der Waals surface area contributed by atoms with Gasteiger partial charge in [0.25, 0.3) is 0 Å². The van der Waals surface area contributed by atoms with Crippen LogP contribution in [0, 0.1) is 12.7 Å². The molecule has 0 aliphatic carbocycles. The number of ether oxygens (including phenoxy) is 1. The van der Waals surface area contributed by atoms with Crippen molar-refractivity contribution >= 4 is 11.8 Å². The third kappa shape index (κ3) is 4.55. The highest BCUT2D eigenvalue weighted by atomic mass is 19.1. The highest BCUT2D eigenvalue weighted by Gasteiger charge is 2.10. The molecule has 23 heavy (non-hydrogen) atoms. The molecule has 1 aromatic carbocycles. The van der Waals surface area contributed by atoms with Crippen LogP contribution in [0.5, 0.6) is 11.5 Å². The van der Waals surface area contributed by atoms with Crippen molar-refractivity contribution in [3.63, 3.8) is 0 Å². The Hall–Kier alpha value is -2.36. The van der Waals surface area contributed by atoms with E-state index >= 15 is 0 Å². The van der Waals surface area contributed by atoms with Crippen molar-refractivity contribution in [2.24, 2.45) is 0 Å². The van der Waals surface area contributed by atoms with Crippen molar-refractivity contribution in [3.8, 4) is 11.5 Å². The van der Waals surface area contributed by atoms with Gasteiger partial charge in [0.2, 0.25) is 0 Å². The second-order valence-electron chi connectivity index (χ2n) is 5.71. The zero-order valence-corrected chi connectivity index (χ0v) is 13.9. The molecule has 122 valence electrons. The second-order valence-corrected chi connectivity index (χ2v) is 5.71. The summed E-state index contributed by atoms with van der Waals surface area (Å²) in [7, 11) is 0. The molecule has 4 heteroatoms. The van der Waals surface area contributed by atoms with E-state index in [-0.39, 0.29) is 5.75 Å². The van der Waals surface area contributed by atoms with E-state index in [1.165, 1.54) is 17.7 Å². The Morgan fingerprint density at radius 2 is 2.09 bits per heavy atom. The van der Waals surface area contributed by atoms with E-state index in [0.717, 1.165) is 30.5 Å². The largest absolute Gasteiger partial charge is 0.454 e. The topological polar surface area (TPSA) is 48.1 Å². The molecule has 0 bridgehead atoms. The number of unbranched alkanes of at least 4 members (excludes halogenated alkanes) is 1. The molecule has 0 unspecified atom stereocenters. The van der Waals surface area contributed by atoms with Gasteiger partial charge in [-0.2, -0.15) is 0 Å². The Labute approximate surface area is 137 Å². The fourth-order valence-electron chi connectivity index (χ4n) is 2.27. The number of rotatable bonds is 6. The van der Waals surface area contributed by atoms with Gasteiger partial charge < -0.3 is 10.5 Å². The maximum atomic E-state index is 13.9. The van der Waals surface area contributed by atoms with E-state index < -0.39 is 5.82 Å². The first-order valence-corrected chi connectivity index (χ1v) is 7.87. The molecular weight excluding hydrogens is 291 g/mol. The smallest absolute Gasteiger partial charge is 0.167 e. The van der Waals surface area contributed by atoms with Gasteiger partial charge in [-0.15, -0.1) is 0 Å². The molecule has 3 nitrogen and oxygen atoms in total. The summed E-state index contributed by atoms with van der Waals surface area (Å²) in [5.41, 5.74) is 8.95. The number of nitrogens with zero attached hydrogens (tertiary/aromatic N) is 1. The van der Waals surface area contributed by atoms with Crippen LogP contribution in [-0.4, -0.2) is 4.98 Å². The summed E-state index contributed by atoms with van der Waals surface area (Å²) in [6.45, 7) is 6.20. The number of hydrogen-bond acceptors (Lipinski definition) is 3. The number of anilines is 1. The van der Waals surface area contributed by atoms with Crippen molar-refractivity contribution in [3.05, 3.63) is 53.1 Å². The van der Waals surface area contributed by atoms with Crippen LogP contribution >= 0.6 is 0 Å². The molecule has 1 aromatic heterocycles. The molecule has 0 aliphatic heterocycles. The van der Waals surface area contributed by atoms with Crippen LogP contribution in [0.15, 0.2) is 36.0 Å². The Morgan fingerprint density at radius 3 is 2.78 bits per heavy atom. The van der Waals surface area contributed by atoms with Crippen molar-refractivity contribution < 1.29 is 9.13 Å². The summed E-state index contributed by atoms with van der Waals surface area (Å²) in [6.07, 6.45) is 7.12. The third-order valence-corrected chi connectivity index (χ3v) is 3.68. The molecule has 2 N–H and O–H groups in total. The minimum atomic E-state index is -0.475. The highest BCUT2D eigenvalue weighted by Crippen LogP contribution is 2.29. The molecule has 2 rings (SSSR count). The number of allylic oxidation sites excluding steroid dienone is 1. The lowest BCUT2D eigenvalue weighted by Gasteiger charge is -2.11. The summed E-state index contributed by atoms with van der Waals surface area (Å²) < 4.78 is 19.6. The molecule has 0 amide bonds. The van der Waals surface area contributed by atoms with E-state index in [2.05, 4.69) is 24.9 Å². The van der Waals surface area contributed by atoms with Crippen LogP contribution < -0.4 is 10.5 Å². The third-order valence-electron chi connectivity index (χ3n) is 3.68. The summed E-state index contributed by atoms with van der Waals surface area (Å²) in [5.74, 6) is 0.279. The molecule has 0 spiro atoms. The van der Waals surface area contributed by atoms with Gasteiger partial charge >= 0.3 is 0 Å². The van der Waals surface area contributed by atoms with E-state index in [9.17, 15) is 4.39 Å². The first-order valence-electron chi connectivity index (χ1n) is 7.87. The zero-order chi connectivity index (χ0) is 16.8.